The summed E-state index contributed by atoms with van der Waals surface area (Å²) in [5, 5.41) is 2.91. The van der Waals surface area contributed by atoms with Gasteiger partial charge >= 0.3 is 0 Å². The highest BCUT2D eigenvalue weighted by Crippen LogP contribution is 2.19. The van der Waals surface area contributed by atoms with Crippen molar-refractivity contribution < 1.29 is 9.53 Å². The fourth-order valence-electron chi connectivity index (χ4n) is 2.13. The van der Waals surface area contributed by atoms with Crippen LogP contribution in [-0.2, 0) is 17.6 Å². The molecule has 0 radical (unpaired) electrons. The van der Waals surface area contributed by atoms with E-state index in [1.54, 1.807) is 0 Å². The number of rotatable bonds is 6. The van der Waals surface area contributed by atoms with Gasteiger partial charge in [-0.1, -0.05) is 26.0 Å². The lowest BCUT2D eigenvalue weighted by Crippen LogP contribution is -2.20. The van der Waals surface area contributed by atoms with Crippen LogP contribution in [0, 0.1) is 3.57 Å². The van der Waals surface area contributed by atoms with Crippen molar-refractivity contribution in [3.05, 3.63) is 57.2 Å². The number of carbonyl (C=O) groups excluding carboxylic acids is 1. The van der Waals surface area contributed by atoms with E-state index < -0.39 is 0 Å². The zero-order valence-corrected chi connectivity index (χ0v) is 15.0. The predicted octanol–water partition coefficient (Wildman–Crippen LogP) is 4.43. The molecule has 0 aliphatic rings. The van der Waals surface area contributed by atoms with E-state index in [-0.39, 0.29) is 12.5 Å². The molecule has 2 aromatic rings. The number of amides is 1. The number of benzene rings is 2. The Balaban J connectivity index is 1.92. The Morgan fingerprint density at radius 1 is 1.09 bits per heavy atom. The molecule has 3 nitrogen and oxygen atoms in total. The molecule has 0 bridgehead atoms. The summed E-state index contributed by atoms with van der Waals surface area (Å²) in [7, 11) is 0. The minimum absolute atomic E-state index is 0.0145. The van der Waals surface area contributed by atoms with Crippen molar-refractivity contribution in [1.82, 2.24) is 0 Å². The van der Waals surface area contributed by atoms with E-state index in [4.69, 9.17) is 4.74 Å². The third-order valence-corrected chi connectivity index (χ3v) is 4.09. The van der Waals surface area contributed by atoms with Gasteiger partial charge in [0.25, 0.3) is 5.91 Å². The van der Waals surface area contributed by atoms with Crippen molar-refractivity contribution >= 4 is 34.2 Å². The number of aryl methyl sites for hydroxylation is 2. The van der Waals surface area contributed by atoms with E-state index in [2.05, 4.69) is 47.8 Å². The Morgan fingerprint density at radius 2 is 1.82 bits per heavy atom. The van der Waals surface area contributed by atoms with Crippen molar-refractivity contribution in [3.63, 3.8) is 0 Å². The number of anilines is 1. The molecule has 1 amide bonds. The van der Waals surface area contributed by atoms with Gasteiger partial charge in [0.15, 0.2) is 6.61 Å². The van der Waals surface area contributed by atoms with Gasteiger partial charge in [-0.2, -0.15) is 0 Å². The molecule has 2 aromatic carbocycles. The maximum atomic E-state index is 12.0. The molecule has 0 atom stereocenters. The maximum absolute atomic E-state index is 12.0. The van der Waals surface area contributed by atoms with Crippen LogP contribution in [0.15, 0.2) is 42.5 Å². The van der Waals surface area contributed by atoms with Crippen molar-refractivity contribution in [2.24, 2.45) is 0 Å². The average molecular weight is 409 g/mol. The third-order valence-electron chi connectivity index (χ3n) is 3.42. The van der Waals surface area contributed by atoms with Crippen molar-refractivity contribution in [1.29, 1.82) is 0 Å². The molecule has 0 spiro atoms. The minimum Gasteiger partial charge on any atom is -0.484 e. The summed E-state index contributed by atoms with van der Waals surface area (Å²) in [5.74, 6) is 0.571. The molecule has 0 saturated carbocycles. The lowest BCUT2D eigenvalue weighted by atomic mass is 10.1. The highest BCUT2D eigenvalue weighted by Gasteiger charge is 2.07. The quantitative estimate of drug-likeness (QED) is 0.717. The van der Waals surface area contributed by atoms with Crippen molar-refractivity contribution in [3.8, 4) is 5.75 Å². The van der Waals surface area contributed by atoms with E-state index in [9.17, 15) is 4.79 Å². The van der Waals surface area contributed by atoms with Gasteiger partial charge < -0.3 is 10.1 Å². The van der Waals surface area contributed by atoms with Crippen LogP contribution in [0.3, 0.4) is 0 Å². The van der Waals surface area contributed by atoms with Gasteiger partial charge in [0.05, 0.1) is 0 Å². The summed E-state index contributed by atoms with van der Waals surface area (Å²) in [5.41, 5.74) is 3.24. The third kappa shape index (κ3) is 4.73. The number of carbonyl (C=O) groups is 1. The summed E-state index contributed by atoms with van der Waals surface area (Å²) in [6.45, 7) is 4.20. The van der Waals surface area contributed by atoms with Crippen LogP contribution in [0.2, 0.25) is 0 Å². The van der Waals surface area contributed by atoms with Gasteiger partial charge in [-0.25, -0.2) is 0 Å². The Hall–Kier alpha value is -1.56. The average Bonchev–Trinajstić information content (AvgIpc) is 2.55. The lowest BCUT2D eigenvalue weighted by Gasteiger charge is -2.11. The van der Waals surface area contributed by atoms with Crippen LogP contribution in [0.5, 0.6) is 5.75 Å². The molecule has 0 fully saturated rings. The molecule has 1 N–H and O–H groups in total. The standard InChI is InChI=1S/C18H20INO2/c1-3-13-5-8-16(9-6-13)22-12-18(21)20-17-10-7-15(19)11-14(17)4-2/h5-11H,3-4,12H2,1-2H3,(H,20,21). The SMILES string of the molecule is CCc1ccc(OCC(=O)Nc2ccc(I)cc2CC)cc1. The molecule has 22 heavy (non-hydrogen) atoms. The molecule has 2 rings (SSSR count). The molecule has 0 aromatic heterocycles. The Morgan fingerprint density at radius 3 is 2.45 bits per heavy atom. The molecule has 4 heteroatoms. The first-order valence-corrected chi connectivity index (χ1v) is 8.50. The predicted molar refractivity (Wildman–Crippen MR) is 98.5 cm³/mol. The largest absolute Gasteiger partial charge is 0.484 e. The monoisotopic (exact) mass is 409 g/mol. The van der Waals surface area contributed by atoms with Crippen LogP contribution in [0.25, 0.3) is 0 Å². The normalized spacial score (nSPS) is 10.3. The molecule has 0 aliphatic carbocycles. The van der Waals surface area contributed by atoms with Crippen molar-refractivity contribution in [2.75, 3.05) is 11.9 Å². The zero-order valence-electron chi connectivity index (χ0n) is 12.9. The van der Waals surface area contributed by atoms with E-state index in [0.29, 0.717) is 5.75 Å². The van der Waals surface area contributed by atoms with Crippen LogP contribution in [0.1, 0.15) is 25.0 Å². The minimum atomic E-state index is -0.143. The Labute approximate surface area is 145 Å². The Bertz CT molecular complexity index is 638. The summed E-state index contributed by atoms with van der Waals surface area (Å²) in [6.07, 6.45) is 1.87. The highest BCUT2D eigenvalue weighted by molar-refractivity contribution is 14.1. The second-order valence-corrected chi connectivity index (χ2v) is 6.24. The van der Waals surface area contributed by atoms with Crippen molar-refractivity contribution in [2.45, 2.75) is 26.7 Å². The molecule has 116 valence electrons. The molecule has 0 unspecified atom stereocenters. The van der Waals surface area contributed by atoms with Crippen LogP contribution in [-0.4, -0.2) is 12.5 Å². The van der Waals surface area contributed by atoms with Gasteiger partial charge in [-0.3, -0.25) is 4.79 Å². The molecule has 0 aliphatic heterocycles. The second-order valence-electron chi connectivity index (χ2n) is 4.99. The fraction of sp³-hybridized carbons (Fsp3) is 0.278. The summed E-state index contributed by atoms with van der Waals surface area (Å²) < 4.78 is 6.69. The topological polar surface area (TPSA) is 38.3 Å². The summed E-state index contributed by atoms with van der Waals surface area (Å²) in [4.78, 5) is 12.0. The van der Waals surface area contributed by atoms with E-state index in [1.807, 2.05) is 36.4 Å². The van der Waals surface area contributed by atoms with Crippen LogP contribution in [0.4, 0.5) is 5.69 Å². The number of nitrogens with one attached hydrogen (secondary N) is 1. The van der Waals surface area contributed by atoms with Crippen LogP contribution < -0.4 is 10.1 Å². The number of hydrogen-bond acceptors (Lipinski definition) is 2. The van der Waals surface area contributed by atoms with Gasteiger partial charge in [0.1, 0.15) is 5.75 Å². The second kappa shape index (κ2) is 8.17. The van der Waals surface area contributed by atoms with E-state index in [1.165, 1.54) is 9.13 Å². The molecule has 0 heterocycles. The number of hydrogen-bond donors (Lipinski definition) is 1. The van der Waals surface area contributed by atoms with E-state index >= 15 is 0 Å². The summed E-state index contributed by atoms with van der Waals surface area (Å²) >= 11 is 2.27. The lowest BCUT2D eigenvalue weighted by molar-refractivity contribution is -0.118. The highest BCUT2D eigenvalue weighted by atomic mass is 127. The summed E-state index contributed by atoms with van der Waals surface area (Å²) in [6, 6.07) is 13.8. The molecule has 0 saturated heterocycles. The van der Waals surface area contributed by atoms with Gasteiger partial charge in [-0.05, 0) is 76.9 Å². The number of halogens is 1. The molecular weight excluding hydrogens is 389 g/mol. The Kier molecular flexibility index (Phi) is 6.24. The maximum Gasteiger partial charge on any atom is 0.262 e. The fourth-order valence-corrected chi connectivity index (χ4v) is 2.69. The first-order valence-electron chi connectivity index (χ1n) is 7.42. The van der Waals surface area contributed by atoms with Crippen LogP contribution >= 0.6 is 22.6 Å². The first-order chi connectivity index (χ1) is 10.6. The smallest absolute Gasteiger partial charge is 0.262 e. The number of ether oxygens (including phenoxy) is 1. The van der Waals surface area contributed by atoms with E-state index in [0.717, 1.165) is 24.1 Å². The van der Waals surface area contributed by atoms with Gasteiger partial charge in [-0.15, -0.1) is 0 Å². The van der Waals surface area contributed by atoms with Gasteiger partial charge in [0.2, 0.25) is 0 Å². The first kappa shape index (κ1) is 16.8. The zero-order chi connectivity index (χ0) is 15.9. The van der Waals surface area contributed by atoms with Gasteiger partial charge in [0, 0.05) is 9.26 Å². The molecular formula is C18H20INO2.